The summed E-state index contributed by atoms with van der Waals surface area (Å²) in [6.07, 6.45) is 1.45. The molecule has 1 atom stereocenters. The second-order valence-electron chi connectivity index (χ2n) is 3.99. The van der Waals surface area contributed by atoms with Crippen LogP contribution in [0, 0.1) is 12.8 Å². The van der Waals surface area contributed by atoms with Crippen molar-refractivity contribution in [1.29, 1.82) is 0 Å². The number of hydrogen-bond acceptors (Lipinski definition) is 2. The van der Waals surface area contributed by atoms with Gasteiger partial charge in [0.15, 0.2) is 0 Å². The molecule has 1 heterocycles. The van der Waals surface area contributed by atoms with E-state index in [-0.39, 0.29) is 5.92 Å². The van der Waals surface area contributed by atoms with Crippen molar-refractivity contribution in [3.05, 3.63) is 29.3 Å². The second-order valence-corrected chi connectivity index (χ2v) is 5.12. The van der Waals surface area contributed by atoms with Crippen LogP contribution in [0.2, 0.25) is 0 Å². The van der Waals surface area contributed by atoms with Gasteiger partial charge in [-0.3, -0.25) is 4.79 Å². The van der Waals surface area contributed by atoms with Gasteiger partial charge >= 0.3 is 5.97 Å². The predicted octanol–water partition coefficient (Wildman–Crippen LogP) is 2.73. The van der Waals surface area contributed by atoms with Crippen LogP contribution >= 0.6 is 11.8 Å². The fourth-order valence-corrected chi connectivity index (χ4v) is 3.01. The van der Waals surface area contributed by atoms with Gasteiger partial charge in [0, 0.05) is 4.90 Å². The van der Waals surface area contributed by atoms with Gasteiger partial charge < -0.3 is 5.11 Å². The van der Waals surface area contributed by atoms with E-state index in [4.69, 9.17) is 5.11 Å². The van der Waals surface area contributed by atoms with Crippen molar-refractivity contribution >= 4 is 17.7 Å². The number of thioether (sulfide) groups is 1. The van der Waals surface area contributed by atoms with Crippen LogP contribution < -0.4 is 0 Å². The molecule has 2 rings (SSSR count). The lowest BCUT2D eigenvalue weighted by Gasteiger charge is -2.09. The molecule has 1 aromatic rings. The lowest BCUT2D eigenvalue weighted by molar-refractivity contribution is -0.141. The Balaban J connectivity index is 2.31. The van der Waals surface area contributed by atoms with Crippen molar-refractivity contribution in [3.8, 4) is 0 Å². The molecule has 1 unspecified atom stereocenters. The summed E-state index contributed by atoms with van der Waals surface area (Å²) >= 11 is 1.78. The highest BCUT2D eigenvalue weighted by Gasteiger charge is 2.22. The monoisotopic (exact) mass is 222 g/mol. The first kappa shape index (κ1) is 10.6. The maximum Gasteiger partial charge on any atom is 0.306 e. The third-order valence-corrected chi connectivity index (χ3v) is 3.90. The van der Waals surface area contributed by atoms with Crippen LogP contribution in [0.15, 0.2) is 23.1 Å². The standard InChI is InChI=1S/C12H14O2S/c1-8-2-3-11-10(6-8)7-9(12(13)14)4-5-15-11/h2-3,6,9H,4-5,7H2,1H3,(H,13,14). The van der Waals surface area contributed by atoms with Gasteiger partial charge in [0.1, 0.15) is 0 Å². The average molecular weight is 222 g/mol. The van der Waals surface area contributed by atoms with E-state index in [0.717, 1.165) is 12.2 Å². The molecular formula is C12H14O2S. The molecule has 1 aromatic carbocycles. The number of benzene rings is 1. The molecular weight excluding hydrogens is 208 g/mol. The number of carbonyl (C=O) groups is 1. The topological polar surface area (TPSA) is 37.3 Å². The molecule has 0 fully saturated rings. The molecule has 1 N–H and O–H groups in total. The Kier molecular flexibility index (Phi) is 3.00. The van der Waals surface area contributed by atoms with Gasteiger partial charge in [0.05, 0.1) is 5.92 Å². The summed E-state index contributed by atoms with van der Waals surface area (Å²) in [6.45, 7) is 2.05. The Morgan fingerprint density at radius 3 is 3.07 bits per heavy atom. The summed E-state index contributed by atoms with van der Waals surface area (Å²) in [7, 11) is 0. The minimum Gasteiger partial charge on any atom is -0.481 e. The summed E-state index contributed by atoms with van der Waals surface area (Å²) in [5.74, 6) is 0.0398. The molecule has 1 aliphatic heterocycles. The largest absolute Gasteiger partial charge is 0.481 e. The smallest absolute Gasteiger partial charge is 0.306 e. The SMILES string of the molecule is Cc1ccc2c(c1)CC(C(=O)O)CCS2. The first-order chi connectivity index (χ1) is 7.16. The number of carboxylic acid groups (broad SMARTS) is 1. The molecule has 0 aromatic heterocycles. The summed E-state index contributed by atoms with van der Waals surface area (Å²) in [5, 5.41) is 9.05. The van der Waals surface area contributed by atoms with Gasteiger partial charge in [-0.2, -0.15) is 0 Å². The Labute approximate surface area is 93.7 Å². The lowest BCUT2D eigenvalue weighted by Crippen LogP contribution is -2.16. The van der Waals surface area contributed by atoms with Crippen LogP contribution in [0.25, 0.3) is 0 Å². The van der Waals surface area contributed by atoms with Crippen LogP contribution in [-0.2, 0) is 11.2 Å². The normalized spacial score (nSPS) is 20.5. The fourth-order valence-electron chi connectivity index (χ4n) is 1.90. The van der Waals surface area contributed by atoms with E-state index >= 15 is 0 Å². The van der Waals surface area contributed by atoms with Crippen LogP contribution in [-0.4, -0.2) is 16.8 Å². The van der Waals surface area contributed by atoms with Gasteiger partial charge in [-0.15, -0.1) is 11.8 Å². The fraction of sp³-hybridized carbons (Fsp3) is 0.417. The average Bonchev–Trinajstić information content (AvgIpc) is 2.39. The lowest BCUT2D eigenvalue weighted by atomic mass is 9.96. The molecule has 0 radical (unpaired) electrons. The first-order valence-corrected chi connectivity index (χ1v) is 6.10. The van der Waals surface area contributed by atoms with Crippen molar-refractivity contribution in [2.24, 2.45) is 5.92 Å². The molecule has 0 bridgehead atoms. The number of aryl methyl sites for hydroxylation is 1. The third kappa shape index (κ3) is 2.34. The minimum atomic E-state index is -0.662. The van der Waals surface area contributed by atoms with Gasteiger partial charge in [0.2, 0.25) is 0 Å². The molecule has 0 spiro atoms. The highest BCUT2D eigenvalue weighted by atomic mass is 32.2. The van der Waals surface area contributed by atoms with Crippen molar-refractivity contribution in [1.82, 2.24) is 0 Å². The summed E-state index contributed by atoms with van der Waals surface area (Å²) < 4.78 is 0. The van der Waals surface area contributed by atoms with E-state index in [0.29, 0.717) is 6.42 Å². The molecule has 80 valence electrons. The Bertz CT molecular complexity index is 387. The van der Waals surface area contributed by atoms with E-state index in [1.807, 2.05) is 6.92 Å². The maximum absolute atomic E-state index is 11.0. The van der Waals surface area contributed by atoms with E-state index in [9.17, 15) is 4.79 Å². The van der Waals surface area contributed by atoms with Gasteiger partial charge in [-0.25, -0.2) is 0 Å². The van der Waals surface area contributed by atoms with Crippen molar-refractivity contribution in [2.75, 3.05) is 5.75 Å². The first-order valence-electron chi connectivity index (χ1n) is 5.12. The number of carboxylic acids is 1. The zero-order chi connectivity index (χ0) is 10.8. The van der Waals surface area contributed by atoms with E-state index in [1.54, 1.807) is 11.8 Å². The predicted molar refractivity (Wildman–Crippen MR) is 61.3 cm³/mol. The van der Waals surface area contributed by atoms with E-state index < -0.39 is 5.97 Å². The molecule has 15 heavy (non-hydrogen) atoms. The van der Waals surface area contributed by atoms with E-state index in [2.05, 4.69) is 18.2 Å². The van der Waals surface area contributed by atoms with E-state index in [1.165, 1.54) is 16.0 Å². The summed E-state index contributed by atoms with van der Waals surface area (Å²) in [4.78, 5) is 12.2. The molecule has 0 amide bonds. The number of aliphatic carboxylic acids is 1. The Morgan fingerprint density at radius 2 is 2.33 bits per heavy atom. The zero-order valence-corrected chi connectivity index (χ0v) is 9.51. The van der Waals surface area contributed by atoms with Gasteiger partial charge in [-0.1, -0.05) is 17.7 Å². The highest BCUT2D eigenvalue weighted by molar-refractivity contribution is 7.99. The quantitative estimate of drug-likeness (QED) is 0.794. The molecule has 3 heteroatoms. The van der Waals surface area contributed by atoms with Crippen molar-refractivity contribution in [3.63, 3.8) is 0 Å². The number of hydrogen-bond donors (Lipinski definition) is 1. The third-order valence-electron chi connectivity index (χ3n) is 2.76. The van der Waals surface area contributed by atoms with Crippen LogP contribution in [0.4, 0.5) is 0 Å². The highest BCUT2D eigenvalue weighted by Crippen LogP contribution is 2.32. The van der Waals surface area contributed by atoms with Crippen LogP contribution in [0.1, 0.15) is 17.5 Å². The van der Waals surface area contributed by atoms with Crippen molar-refractivity contribution < 1.29 is 9.90 Å². The zero-order valence-electron chi connectivity index (χ0n) is 8.69. The molecule has 1 aliphatic rings. The second kappa shape index (κ2) is 4.27. The molecule has 0 saturated heterocycles. The Morgan fingerprint density at radius 1 is 1.53 bits per heavy atom. The molecule has 2 nitrogen and oxygen atoms in total. The minimum absolute atomic E-state index is 0.208. The van der Waals surface area contributed by atoms with Gasteiger partial charge in [0.25, 0.3) is 0 Å². The van der Waals surface area contributed by atoms with Crippen molar-refractivity contribution in [2.45, 2.75) is 24.7 Å². The number of fused-ring (bicyclic) bond motifs is 1. The maximum atomic E-state index is 11.0. The van der Waals surface area contributed by atoms with Crippen LogP contribution in [0.3, 0.4) is 0 Å². The van der Waals surface area contributed by atoms with Crippen LogP contribution in [0.5, 0.6) is 0 Å². The Hall–Kier alpha value is -0.960. The summed E-state index contributed by atoms with van der Waals surface area (Å²) in [5.41, 5.74) is 2.41. The molecule has 0 saturated carbocycles. The molecule has 0 aliphatic carbocycles. The summed E-state index contributed by atoms with van der Waals surface area (Å²) in [6, 6.07) is 6.32. The van der Waals surface area contributed by atoms with Gasteiger partial charge in [-0.05, 0) is 37.1 Å². The number of rotatable bonds is 1.